The van der Waals surface area contributed by atoms with Gasteiger partial charge in [0.05, 0.1) is 0 Å². The summed E-state index contributed by atoms with van der Waals surface area (Å²) in [6.45, 7) is 0.820. The summed E-state index contributed by atoms with van der Waals surface area (Å²) in [6.07, 6.45) is 0.177. The number of rotatable bonds is 1. The molecular formula is C7H13N3O3. The zero-order valence-electron chi connectivity index (χ0n) is 7.19. The van der Waals surface area contributed by atoms with E-state index in [1.54, 1.807) is 0 Å². The lowest BCUT2D eigenvalue weighted by atomic mass is 9.96. The first-order chi connectivity index (χ1) is 6.15. The average molecular weight is 187 g/mol. The number of piperidine rings is 1. The molecule has 1 aliphatic heterocycles. The minimum absolute atomic E-state index is 0.138. The number of hydrazine groups is 1. The van der Waals surface area contributed by atoms with E-state index in [0.717, 1.165) is 0 Å². The van der Waals surface area contributed by atoms with E-state index < -0.39 is 6.09 Å². The summed E-state index contributed by atoms with van der Waals surface area (Å²) < 4.78 is 0. The highest BCUT2D eigenvalue weighted by Crippen LogP contribution is 2.16. The van der Waals surface area contributed by atoms with Crippen molar-refractivity contribution in [3.05, 3.63) is 0 Å². The number of carbonyl (C=O) groups excluding carboxylic acids is 1. The van der Waals surface area contributed by atoms with Crippen LogP contribution in [-0.2, 0) is 4.79 Å². The second-order valence-corrected chi connectivity index (χ2v) is 3.05. The van der Waals surface area contributed by atoms with Gasteiger partial charge in [-0.05, 0) is 12.8 Å². The number of nitrogens with one attached hydrogen (secondary N) is 1. The van der Waals surface area contributed by atoms with E-state index in [4.69, 9.17) is 10.9 Å². The third kappa shape index (κ3) is 2.32. The summed E-state index contributed by atoms with van der Waals surface area (Å²) in [5, 5.41) is 8.62. The van der Waals surface area contributed by atoms with E-state index in [1.165, 1.54) is 4.90 Å². The molecule has 1 aliphatic rings. The molecule has 13 heavy (non-hydrogen) atoms. The smallest absolute Gasteiger partial charge is 0.407 e. The fourth-order valence-corrected chi connectivity index (χ4v) is 1.45. The molecular weight excluding hydrogens is 174 g/mol. The molecule has 1 saturated heterocycles. The Bertz CT molecular complexity index is 211. The summed E-state index contributed by atoms with van der Waals surface area (Å²) in [5.41, 5.74) is 2.07. The van der Waals surface area contributed by atoms with Crippen molar-refractivity contribution >= 4 is 12.0 Å². The van der Waals surface area contributed by atoms with Gasteiger partial charge in [0.15, 0.2) is 0 Å². The number of amides is 2. The van der Waals surface area contributed by atoms with E-state index >= 15 is 0 Å². The van der Waals surface area contributed by atoms with E-state index in [-0.39, 0.29) is 11.8 Å². The molecule has 4 N–H and O–H groups in total. The second kappa shape index (κ2) is 4.08. The minimum Gasteiger partial charge on any atom is -0.465 e. The zero-order valence-corrected chi connectivity index (χ0v) is 7.19. The van der Waals surface area contributed by atoms with Gasteiger partial charge in [0.2, 0.25) is 5.91 Å². The van der Waals surface area contributed by atoms with Gasteiger partial charge in [0, 0.05) is 19.0 Å². The van der Waals surface area contributed by atoms with Crippen LogP contribution in [0.1, 0.15) is 12.8 Å². The Morgan fingerprint density at radius 1 is 1.38 bits per heavy atom. The first kappa shape index (κ1) is 9.79. The van der Waals surface area contributed by atoms with Gasteiger partial charge in [-0.25, -0.2) is 10.6 Å². The Morgan fingerprint density at radius 2 is 1.92 bits per heavy atom. The monoisotopic (exact) mass is 187 g/mol. The van der Waals surface area contributed by atoms with Crippen LogP contribution in [0.5, 0.6) is 0 Å². The van der Waals surface area contributed by atoms with Gasteiger partial charge in [-0.1, -0.05) is 0 Å². The summed E-state index contributed by atoms with van der Waals surface area (Å²) in [6, 6.07) is 0. The fourth-order valence-electron chi connectivity index (χ4n) is 1.45. The van der Waals surface area contributed by atoms with Gasteiger partial charge in [0.25, 0.3) is 0 Å². The number of nitrogens with two attached hydrogens (primary N) is 1. The Hall–Kier alpha value is -1.30. The van der Waals surface area contributed by atoms with Crippen LogP contribution < -0.4 is 11.3 Å². The SMILES string of the molecule is NNC(=O)C1CCN(C(=O)O)CC1. The van der Waals surface area contributed by atoms with Gasteiger partial charge in [-0.15, -0.1) is 0 Å². The van der Waals surface area contributed by atoms with Gasteiger partial charge in [0.1, 0.15) is 0 Å². The molecule has 0 aliphatic carbocycles. The summed E-state index contributed by atoms with van der Waals surface area (Å²) in [4.78, 5) is 22.8. The van der Waals surface area contributed by atoms with E-state index in [1.807, 2.05) is 0 Å². The number of hydrogen-bond acceptors (Lipinski definition) is 3. The third-order valence-corrected chi connectivity index (χ3v) is 2.28. The summed E-state index contributed by atoms with van der Waals surface area (Å²) in [7, 11) is 0. The number of carbonyl (C=O) groups is 2. The van der Waals surface area contributed by atoms with Crippen molar-refractivity contribution in [3.8, 4) is 0 Å². The van der Waals surface area contributed by atoms with Gasteiger partial charge in [-0.3, -0.25) is 10.2 Å². The molecule has 0 saturated carbocycles. The molecule has 0 bridgehead atoms. The number of hydrogen-bond donors (Lipinski definition) is 3. The van der Waals surface area contributed by atoms with E-state index in [0.29, 0.717) is 25.9 Å². The van der Waals surface area contributed by atoms with Crippen molar-refractivity contribution in [2.45, 2.75) is 12.8 Å². The molecule has 6 heteroatoms. The maximum atomic E-state index is 11.0. The quantitative estimate of drug-likeness (QED) is 0.289. The van der Waals surface area contributed by atoms with Crippen molar-refractivity contribution in [2.24, 2.45) is 11.8 Å². The molecule has 0 spiro atoms. The van der Waals surface area contributed by atoms with Crippen molar-refractivity contribution < 1.29 is 14.7 Å². The first-order valence-corrected chi connectivity index (χ1v) is 4.13. The van der Waals surface area contributed by atoms with E-state index in [2.05, 4.69) is 5.43 Å². The van der Waals surface area contributed by atoms with Crippen LogP contribution in [0, 0.1) is 5.92 Å². The molecule has 2 amide bonds. The van der Waals surface area contributed by atoms with Crippen LogP contribution in [0.4, 0.5) is 4.79 Å². The highest BCUT2D eigenvalue weighted by Gasteiger charge is 2.26. The van der Waals surface area contributed by atoms with Gasteiger partial charge in [-0.2, -0.15) is 0 Å². The van der Waals surface area contributed by atoms with Gasteiger partial charge >= 0.3 is 6.09 Å². The van der Waals surface area contributed by atoms with Crippen molar-refractivity contribution in [1.82, 2.24) is 10.3 Å². The summed E-state index contributed by atoms with van der Waals surface area (Å²) >= 11 is 0. The van der Waals surface area contributed by atoms with Crippen LogP contribution in [-0.4, -0.2) is 35.1 Å². The lowest BCUT2D eigenvalue weighted by molar-refractivity contribution is -0.126. The second-order valence-electron chi connectivity index (χ2n) is 3.05. The maximum Gasteiger partial charge on any atom is 0.407 e. The molecule has 74 valence electrons. The molecule has 0 atom stereocenters. The fraction of sp³-hybridized carbons (Fsp3) is 0.714. The van der Waals surface area contributed by atoms with Crippen LogP contribution in [0.3, 0.4) is 0 Å². The lowest BCUT2D eigenvalue weighted by Gasteiger charge is -2.28. The molecule has 0 radical (unpaired) electrons. The Balaban J connectivity index is 2.39. The van der Waals surface area contributed by atoms with Gasteiger partial charge < -0.3 is 10.0 Å². The predicted molar refractivity (Wildman–Crippen MR) is 44.7 cm³/mol. The van der Waals surface area contributed by atoms with Crippen molar-refractivity contribution in [3.63, 3.8) is 0 Å². The molecule has 1 heterocycles. The average Bonchev–Trinajstić information content (AvgIpc) is 2.17. The number of carboxylic acid groups (broad SMARTS) is 1. The summed E-state index contributed by atoms with van der Waals surface area (Å²) in [5.74, 6) is 4.63. The molecule has 0 unspecified atom stereocenters. The Morgan fingerprint density at radius 3 is 2.31 bits per heavy atom. The van der Waals surface area contributed by atoms with Crippen LogP contribution in [0.15, 0.2) is 0 Å². The largest absolute Gasteiger partial charge is 0.465 e. The first-order valence-electron chi connectivity index (χ1n) is 4.13. The molecule has 0 aromatic heterocycles. The normalized spacial score (nSPS) is 18.4. The van der Waals surface area contributed by atoms with Crippen LogP contribution in [0.2, 0.25) is 0 Å². The molecule has 0 aromatic rings. The van der Waals surface area contributed by atoms with Crippen molar-refractivity contribution in [2.75, 3.05) is 13.1 Å². The Labute approximate surface area is 75.7 Å². The Kier molecular flexibility index (Phi) is 3.07. The minimum atomic E-state index is -0.924. The molecule has 0 aromatic carbocycles. The molecule has 1 fully saturated rings. The highest BCUT2D eigenvalue weighted by atomic mass is 16.4. The van der Waals surface area contributed by atoms with Crippen LogP contribution in [0.25, 0.3) is 0 Å². The third-order valence-electron chi connectivity index (χ3n) is 2.28. The standard InChI is InChI=1S/C7H13N3O3/c8-9-6(11)5-1-3-10(4-2-5)7(12)13/h5H,1-4,8H2,(H,9,11)(H,12,13). The lowest BCUT2D eigenvalue weighted by Crippen LogP contribution is -2.44. The topological polar surface area (TPSA) is 95.7 Å². The zero-order chi connectivity index (χ0) is 9.84. The predicted octanol–water partition coefficient (Wildman–Crippen LogP) is -0.634. The highest BCUT2D eigenvalue weighted by molar-refractivity contribution is 5.78. The number of nitrogens with zero attached hydrogens (tertiary/aromatic N) is 1. The van der Waals surface area contributed by atoms with E-state index in [9.17, 15) is 9.59 Å². The molecule has 6 nitrogen and oxygen atoms in total. The maximum absolute atomic E-state index is 11.0. The number of likely N-dealkylation sites (tertiary alicyclic amines) is 1. The molecule has 1 rings (SSSR count). The van der Waals surface area contributed by atoms with Crippen LogP contribution >= 0.6 is 0 Å². The van der Waals surface area contributed by atoms with Crippen molar-refractivity contribution in [1.29, 1.82) is 0 Å².